The number of rotatable bonds is 53. The minimum absolute atomic E-state index is 0.0833. The normalized spacial score (nSPS) is 12.6. The summed E-state index contributed by atoms with van der Waals surface area (Å²) in [7, 11) is 0. The third-order valence-corrected chi connectivity index (χ3v) is 12.7. The molecule has 0 aromatic heterocycles. The monoisotopic (exact) mass is 963 g/mol. The molecule has 0 aromatic carbocycles. The van der Waals surface area contributed by atoms with Gasteiger partial charge in [-0.05, 0) is 96.3 Å². The Morgan fingerprint density at radius 3 is 0.841 bits per heavy atom. The fraction of sp³-hybridized carbons (Fsp3) is 0.762. The topological polar surface area (TPSA) is 78.9 Å². The molecule has 0 N–H and O–H groups in total. The molecule has 0 saturated heterocycles. The lowest BCUT2D eigenvalue weighted by atomic mass is 10.1. The number of hydrogen-bond donors (Lipinski definition) is 0. The van der Waals surface area contributed by atoms with Gasteiger partial charge in [-0.25, -0.2) is 0 Å². The molecule has 0 aliphatic rings. The van der Waals surface area contributed by atoms with E-state index in [2.05, 4.69) is 93.7 Å². The van der Waals surface area contributed by atoms with Crippen LogP contribution in [0.4, 0.5) is 0 Å². The zero-order valence-electron chi connectivity index (χ0n) is 45.6. The molecule has 398 valence electrons. The highest BCUT2D eigenvalue weighted by atomic mass is 16.6. The summed E-state index contributed by atoms with van der Waals surface area (Å²) in [6.45, 7) is 6.59. The van der Waals surface area contributed by atoms with Crippen LogP contribution in [0.2, 0.25) is 0 Å². The van der Waals surface area contributed by atoms with E-state index in [-0.39, 0.29) is 31.1 Å². The van der Waals surface area contributed by atoms with Gasteiger partial charge in [0.1, 0.15) is 13.2 Å². The lowest BCUT2D eigenvalue weighted by Gasteiger charge is -2.18. The van der Waals surface area contributed by atoms with Crippen molar-refractivity contribution in [2.24, 2.45) is 0 Å². The summed E-state index contributed by atoms with van der Waals surface area (Å²) in [6.07, 6.45) is 73.2. The Morgan fingerprint density at radius 2 is 0.522 bits per heavy atom. The largest absolute Gasteiger partial charge is 0.462 e. The first-order chi connectivity index (χ1) is 34.0. The van der Waals surface area contributed by atoms with Crippen LogP contribution in [-0.4, -0.2) is 37.2 Å². The van der Waals surface area contributed by atoms with Crippen molar-refractivity contribution < 1.29 is 28.6 Å². The van der Waals surface area contributed by atoms with Crippen molar-refractivity contribution in [2.45, 2.75) is 297 Å². The van der Waals surface area contributed by atoms with Gasteiger partial charge in [-0.1, -0.05) is 248 Å². The van der Waals surface area contributed by atoms with Gasteiger partial charge in [0.25, 0.3) is 0 Å². The molecule has 0 aliphatic carbocycles. The number of unbranched alkanes of at least 4 members (excludes halogenated alkanes) is 30. The van der Waals surface area contributed by atoms with E-state index in [9.17, 15) is 14.4 Å². The highest BCUT2D eigenvalue weighted by Crippen LogP contribution is 2.15. The van der Waals surface area contributed by atoms with Crippen molar-refractivity contribution in [2.75, 3.05) is 13.2 Å². The number of hydrogen-bond acceptors (Lipinski definition) is 6. The van der Waals surface area contributed by atoms with Crippen LogP contribution < -0.4 is 0 Å². The third kappa shape index (κ3) is 55.6. The quantitative estimate of drug-likeness (QED) is 0.0262. The first-order valence-electron chi connectivity index (χ1n) is 29.4. The molecule has 0 spiro atoms. The molecule has 6 nitrogen and oxygen atoms in total. The maximum Gasteiger partial charge on any atom is 0.306 e. The second kappa shape index (κ2) is 57.4. The van der Waals surface area contributed by atoms with E-state index >= 15 is 0 Å². The number of carbonyl (C=O) groups excluding carboxylic acids is 3. The second-order valence-corrected chi connectivity index (χ2v) is 19.6. The Bertz CT molecular complexity index is 1290. The Morgan fingerprint density at radius 1 is 0.290 bits per heavy atom. The van der Waals surface area contributed by atoms with Gasteiger partial charge in [-0.3, -0.25) is 14.4 Å². The minimum Gasteiger partial charge on any atom is -0.462 e. The summed E-state index contributed by atoms with van der Waals surface area (Å²) in [5.41, 5.74) is 0. The molecule has 0 rings (SSSR count). The molecular formula is C63H110O6. The molecule has 0 saturated carbocycles. The fourth-order valence-corrected chi connectivity index (χ4v) is 8.22. The molecule has 0 radical (unpaired) electrons. The van der Waals surface area contributed by atoms with Gasteiger partial charge in [-0.15, -0.1) is 0 Å². The molecule has 6 heteroatoms. The summed E-state index contributed by atoms with van der Waals surface area (Å²) < 4.78 is 16.9. The standard InChI is InChI=1S/C63H110O6/c1-4-7-10-13-16-19-22-24-26-28-30-31-33-34-36-38-41-44-47-50-53-56-62(65)68-59-60(58-67-61(64)55-52-49-46-43-40-21-18-15-12-9-6-3)69-63(66)57-54-51-48-45-42-39-37-35-32-29-27-25-23-20-17-14-11-8-5-2/h17,20,22,24-25,27-28,30,32-35,60H,4-16,18-19,21,23,26,29,31,36-59H2,1-3H3/b20-17-,24-22-,27-25-,30-28-,34-33-,35-32-. The van der Waals surface area contributed by atoms with E-state index in [1.54, 1.807) is 0 Å². The van der Waals surface area contributed by atoms with E-state index in [1.807, 2.05) is 0 Å². The van der Waals surface area contributed by atoms with Crippen molar-refractivity contribution in [3.05, 3.63) is 72.9 Å². The van der Waals surface area contributed by atoms with Crippen LogP contribution in [-0.2, 0) is 28.6 Å². The Hall–Kier alpha value is -3.15. The summed E-state index contributed by atoms with van der Waals surface area (Å²) in [4.78, 5) is 38.1. The van der Waals surface area contributed by atoms with Crippen molar-refractivity contribution in [3.8, 4) is 0 Å². The molecule has 0 aromatic rings. The van der Waals surface area contributed by atoms with Gasteiger partial charge in [0, 0.05) is 19.3 Å². The molecule has 0 heterocycles. The van der Waals surface area contributed by atoms with Gasteiger partial charge in [-0.2, -0.15) is 0 Å². The number of ether oxygens (including phenoxy) is 3. The highest BCUT2D eigenvalue weighted by molar-refractivity contribution is 5.71. The molecule has 69 heavy (non-hydrogen) atoms. The molecular weight excluding hydrogens is 853 g/mol. The average Bonchev–Trinajstić information content (AvgIpc) is 3.35. The maximum absolute atomic E-state index is 12.9. The predicted molar refractivity (Wildman–Crippen MR) is 298 cm³/mol. The van der Waals surface area contributed by atoms with Crippen LogP contribution >= 0.6 is 0 Å². The van der Waals surface area contributed by atoms with E-state index < -0.39 is 6.10 Å². The zero-order valence-corrected chi connectivity index (χ0v) is 45.6. The van der Waals surface area contributed by atoms with E-state index in [1.165, 1.54) is 148 Å². The van der Waals surface area contributed by atoms with E-state index in [0.717, 1.165) is 103 Å². The Kier molecular flexibility index (Phi) is 54.8. The first-order valence-corrected chi connectivity index (χ1v) is 29.4. The van der Waals surface area contributed by atoms with Crippen molar-refractivity contribution in [1.82, 2.24) is 0 Å². The lowest BCUT2D eigenvalue weighted by molar-refractivity contribution is -0.167. The van der Waals surface area contributed by atoms with Crippen LogP contribution in [0.3, 0.4) is 0 Å². The number of allylic oxidation sites excluding steroid dienone is 12. The fourth-order valence-electron chi connectivity index (χ4n) is 8.22. The molecule has 0 aliphatic heterocycles. The zero-order chi connectivity index (χ0) is 50.0. The summed E-state index contributed by atoms with van der Waals surface area (Å²) in [5.74, 6) is -0.901. The van der Waals surface area contributed by atoms with Crippen molar-refractivity contribution in [1.29, 1.82) is 0 Å². The Balaban J connectivity index is 4.37. The van der Waals surface area contributed by atoms with Crippen molar-refractivity contribution >= 4 is 17.9 Å². The third-order valence-electron chi connectivity index (χ3n) is 12.7. The predicted octanol–water partition coefficient (Wildman–Crippen LogP) is 19.8. The molecule has 1 unspecified atom stereocenters. The van der Waals surface area contributed by atoms with E-state index in [4.69, 9.17) is 14.2 Å². The molecule has 1 atom stereocenters. The smallest absolute Gasteiger partial charge is 0.306 e. The summed E-state index contributed by atoms with van der Waals surface area (Å²) in [5, 5.41) is 0. The minimum atomic E-state index is -0.787. The first kappa shape index (κ1) is 65.8. The maximum atomic E-state index is 12.9. The average molecular weight is 964 g/mol. The lowest BCUT2D eigenvalue weighted by Crippen LogP contribution is -2.30. The molecule has 0 amide bonds. The second-order valence-electron chi connectivity index (χ2n) is 19.6. The van der Waals surface area contributed by atoms with Crippen LogP contribution in [0.15, 0.2) is 72.9 Å². The van der Waals surface area contributed by atoms with Crippen LogP contribution in [0.25, 0.3) is 0 Å². The van der Waals surface area contributed by atoms with Gasteiger partial charge in [0.2, 0.25) is 0 Å². The van der Waals surface area contributed by atoms with Crippen LogP contribution in [0.1, 0.15) is 290 Å². The number of carbonyl (C=O) groups is 3. The molecule has 0 fully saturated rings. The highest BCUT2D eigenvalue weighted by Gasteiger charge is 2.19. The van der Waals surface area contributed by atoms with Crippen LogP contribution in [0, 0.1) is 0 Å². The van der Waals surface area contributed by atoms with Gasteiger partial charge >= 0.3 is 17.9 Å². The SMILES string of the molecule is CCCCC/C=C\C/C=C\C/C=C\CCCCCCCCC(=O)OC(COC(=O)CCCCCCCC/C=C\C/C=C\C/C=C\CCCCCCC)COC(=O)CCCCCCCCCCCCC. The van der Waals surface area contributed by atoms with Gasteiger partial charge < -0.3 is 14.2 Å². The van der Waals surface area contributed by atoms with Gasteiger partial charge in [0.05, 0.1) is 0 Å². The van der Waals surface area contributed by atoms with Gasteiger partial charge in [0.15, 0.2) is 6.10 Å². The number of esters is 3. The molecule has 0 bridgehead atoms. The summed E-state index contributed by atoms with van der Waals surface area (Å²) in [6, 6.07) is 0. The summed E-state index contributed by atoms with van der Waals surface area (Å²) >= 11 is 0. The van der Waals surface area contributed by atoms with E-state index in [0.29, 0.717) is 19.3 Å². The van der Waals surface area contributed by atoms with Crippen LogP contribution in [0.5, 0.6) is 0 Å². The van der Waals surface area contributed by atoms with Crippen molar-refractivity contribution in [3.63, 3.8) is 0 Å². The Labute approximate surface area is 427 Å².